The fourth-order valence-corrected chi connectivity index (χ4v) is 9.42. The summed E-state index contributed by atoms with van der Waals surface area (Å²) in [6.45, 7) is 0. The van der Waals surface area contributed by atoms with E-state index in [9.17, 15) is 0 Å². The molecule has 0 bridgehead atoms. The highest BCUT2D eigenvalue weighted by Gasteiger charge is 2.23. The lowest BCUT2D eigenvalue weighted by Gasteiger charge is -2.19. The van der Waals surface area contributed by atoms with Crippen molar-refractivity contribution in [1.82, 2.24) is 0 Å². The Kier molecular flexibility index (Phi) is 6.79. The number of aryl methyl sites for hydroxylation is 1. The molecule has 0 spiro atoms. The van der Waals surface area contributed by atoms with Crippen LogP contribution in [-0.2, 0) is 6.42 Å². The van der Waals surface area contributed by atoms with Gasteiger partial charge in [-0.15, -0.1) is 0 Å². The third-order valence-electron chi connectivity index (χ3n) is 12.0. The van der Waals surface area contributed by atoms with Crippen LogP contribution in [0.4, 0.5) is 0 Å². The molecule has 1 aliphatic carbocycles. The highest BCUT2D eigenvalue weighted by atomic mass is 16.4. The van der Waals surface area contributed by atoms with Crippen molar-refractivity contribution in [2.24, 2.45) is 0 Å². The summed E-state index contributed by atoms with van der Waals surface area (Å²) < 4.78 is 12.9. The molecule has 2 aromatic heterocycles. The van der Waals surface area contributed by atoms with Crippen LogP contribution in [0.3, 0.4) is 0 Å². The number of para-hydroxylation sites is 1. The predicted octanol–water partition coefficient (Wildman–Crippen LogP) is 15.3. The Morgan fingerprint density at radius 3 is 1.62 bits per heavy atom. The second-order valence-corrected chi connectivity index (χ2v) is 15.1. The normalized spacial score (nSPS) is 13.0. The minimum atomic E-state index is 0.831. The van der Waals surface area contributed by atoms with Gasteiger partial charge >= 0.3 is 0 Å². The van der Waals surface area contributed by atoms with Crippen LogP contribution in [0.25, 0.3) is 110 Å². The molecule has 2 heterocycles. The molecule has 9 aromatic carbocycles. The van der Waals surface area contributed by atoms with Gasteiger partial charge in [-0.2, -0.15) is 0 Å². The summed E-state index contributed by atoms with van der Waals surface area (Å²) in [5, 5.41) is 10.9. The minimum Gasteiger partial charge on any atom is -0.456 e. The first-order valence-electron chi connectivity index (χ1n) is 19.5. The van der Waals surface area contributed by atoms with Gasteiger partial charge in [-0.3, -0.25) is 0 Å². The lowest BCUT2D eigenvalue weighted by Crippen LogP contribution is -1.97. The molecule has 11 aromatic rings. The Morgan fingerprint density at radius 1 is 0.357 bits per heavy atom. The monoisotopic (exact) mass is 714 g/mol. The van der Waals surface area contributed by atoms with Gasteiger partial charge in [-0.25, -0.2) is 0 Å². The van der Waals surface area contributed by atoms with Crippen LogP contribution in [0.2, 0.25) is 0 Å². The van der Waals surface area contributed by atoms with Crippen molar-refractivity contribution in [3.63, 3.8) is 0 Å². The van der Waals surface area contributed by atoms with Crippen molar-refractivity contribution >= 4 is 76.9 Å². The summed E-state index contributed by atoms with van der Waals surface area (Å²) in [6, 6.07) is 64.0. The fraction of sp³-hybridized carbons (Fsp3) is 0.0370. The third kappa shape index (κ3) is 4.69. The smallest absolute Gasteiger partial charge is 0.178 e. The molecule has 0 atom stereocenters. The molecule has 56 heavy (non-hydrogen) atoms. The van der Waals surface area contributed by atoms with Crippen LogP contribution >= 0.6 is 0 Å². The lowest BCUT2D eigenvalue weighted by molar-refractivity contribution is 0.542. The Balaban J connectivity index is 1.00. The van der Waals surface area contributed by atoms with Crippen molar-refractivity contribution in [2.75, 3.05) is 0 Å². The Morgan fingerprint density at radius 2 is 0.893 bits per heavy atom. The topological polar surface area (TPSA) is 26.3 Å². The lowest BCUT2D eigenvalue weighted by atomic mass is 9.84. The van der Waals surface area contributed by atoms with Gasteiger partial charge in [0.15, 0.2) is 11.2 Å². The molecule has 2 heteroatoms. The van der Waals surface area contributed by atoms with E-state index in [0.29, 0.717) is 0 Å². The van der Waals surface area contributed by atoms with E-state index in [-0.39, 0.29) is 0 Å². The average Bonchev–Trinajstić information content (AvgIpc) is 3.84. The number of rotatable bonds is 4. The van der Waals surface area contributed by atoms with Crippen molar-refractivity contribution in [3.8, 4) is 33.4 Å². The second-order valence-electron chi connectivity index (χ2n) is 15.1. The number of furan rings is 2. The molecule has 0 saturated carbocycles. The van der Waals surface area contributed by atoms with Gasteiger partial charge in [-0.05, 0) is 120 Å². The molecular weight excluding hydrogens is 681 g/mol. The fourth-order valence-electron chi connectivity index (χ4n) is 9.42. The van der Waals surface area contributed by atoms with E-state index in [1.54, 1.807) is 0 Å². The van der Waals surface area contributed by atoms with Gasteiger partial charge in [0.25, 0.3) is 0 Å². The molecule has 2 nitrogen and oxygen atoms in total. The summed E-state index contributed by atoms with van der Waals surface area (Å²) in [6.07, 6.45) is 4.10. The van der Waals surface area contributed by atoms with E-state index < -0.39 is 0 Å². The molecule has 12 rings (SSSR count). The summed E-state index contributed by atoms with van der Waals surface area (Å²) in [5.74, 6) is 1.03. The largest absolute Gasteiger partial charge is 0.456 e. The van der Waals surface area contributed by atoms with Crippen LogP contribution in [-0.4, -0.2) is 0 Å². The zero-order chi connectivity index (χ0) is 36.7. The first-order chi connectivity index (χ1) is 27.8. The minimum absolute atomic E-state index is 0.831. The second kappa shape index (κ2) is 12.2. The van der Waals surface area contributed by atoms with Gasteiger partial charge in [0.1, 0.15) is 11.3 Å². The molecule has 0 amide bonds. The van der Waals surface area contributed by atoms with E-state index in [4.69, 9.17) is 8.83 Å². The molecule has 0 N–H and O–H groups in total. The van der Waals surface area contributed by atoms with E-state index in [2.05, 4.69) is 170 Å². The molecular formula is C54H34O2. The van der Waals surface area contributed by atoms with Crippen LogP contribution in [0.15, 0.2) is 185 Å². The highest BCUT2D eigenvalue weighted by molar-refractivity contribution is 6.22. The van der Waals surface area contributed by atoms with Gasteiger partial charge in [0, 0.05) is 28.1 Å². The summed E-state index contributed by atoms with van der Waals surface area (Å²) in [5.41, 5.74) is 13.7. The summed E-state index contributed by atoms with van der Waals surface area (Å²) in [7, 11) is 0. The van der Waals surface area contributed by atoms with Gasteiger partial charge in [0.2, 0.25) is 0 Å². The highest BCUT2D eigenvalue weighted by Crippen LogP contribution is 2.46. The maximum absolute atomic E-state index is 6.57. The van der Waals surface area contributed by atoms with Crippen molar-refractivity contribution in [1.29, 1.82) is 0 Å². The predicted molar refractivity (Wildman–Crippen MR) is 235 cm³/mol. The number of benzene rings is 9. The van der Waals surface area contributed by atoms with Crippen LogP contribution < -0.4 is 0 Å². The number of hydrogen-bond acceptors (Lipinski definition) is 2. The Hall–Kier alpha value is -7.16. The van der Waals surface area contributed by atoms with Crippen molar-refractivity contribution in [3.05, 3.63) is 193 Å². The van der Waals surface area contributed by atoms with Crippen LogP contribution in [0, 0.1) is 0 Å². The van der Waals surface area contributed by atoms with Crippen molar-refractivity contribution < 1.29 is 8.83 Å². The average molecular weight is 715 g/mol. The zero-order valence-electron chi connectivity index (χ0n) is 30.6. The van der Waals surface area contributed by atoms with Gasteiger partial charge in [-0.1, -0.05) is 146 Å². The van der Waals surface area contributed by atoms with E-state index in [1.807, 2.05) is 12.1 Å². The zero-order valence-corrected chi connectivity index (χ0v) is 30.6. The third-order valence-corrected chi connectivity index (χ3v) is 12.0. The number of hydrogen-bond donors (Lipinski definition) is 0. The Labute approximate surface area is 323 Å². The standard InChI is InChI=1S/C54H34O2/c1-2-18-39-33(12-1)13-11-24-40(39)36-15-10-17-38(31-36)52-44-22-5-3-20-42(44)51(43-21-4-6-23-45(43)52)37-16-9-14-34(30-37)35-26-29-50-48(32-35)47-28-27-46-41-19-7-8-25-49(41)55-53(46)54(47)56-50/h1-25,27-28,30-32H,26,29H2. The SMILES string of the molecule is C1=C(c2cccc(-c3c4ccccc4c(-c4cccc(-c5cccc6ccccc56)c4)c4ccccc34)c2)CCc2oc3c(ccc4c5ccccc5oc43)c21. The van der Waals surface area contributed by atoms with E-state index in [0.717, 1.165) is 51.5 Å². The number of allylic oxidation sites excluding steroid dienone is 1. The van der Waals surface area contributed by atoms with E-state index >= 15 is 0 Å². The molecule has 1 aliphatic rings. The van der Waals surface area contributed by atoms with Crippen molar-refractivity contribution in [2.45, 2.75) is 12.8 Å². The van der Waals surface area contributed by atoms with Crippen LogP contribution in [0.5, 0.6) is 0 Å². The Bertz CT molecular complexity index is 3360. The quantitative estimate of drug-likeness (QED) is 0.170. The molecule has 0 saturated heterocycles. The maximum Gasteiger partial charge on any atom is 0.178 e. The van der Waals surface area contributed by atoms with Gasteiger partial charge < -0.3 is 8.83 Å². The molecule has 0 radical (unpaired) electrons. The summed E-state index contributed by atoms with van der Waals surface area (Å²) in [4.78, 5) is 0. The first kappa shape index (κ1) is 31.2. The van der Waals surface area contributed by atoms with Crippen LogP contribution in [0.1, 0.15) is 23.3 Å². The van der Waals surface area contributed by atoms with E-state index in [1.165, 1.54) is 82.4 Å². The first-order valence-corrected chi connectivity index (χ1v) is 19.5. The maximum atomic E-state index is 6.57. The van der Waals surface area contributed by atoms with Gasteiger partial charge in [0.05, 0.1) is 0 Å². The molecule has 0 fully saturated rings. The molecule has 0 aliphatic heterocycles. The molecule has 262 valence electrons. The number of fused-ring (bicyclic) bond motifs is 10. The molecule has 0 unspecified atom stereocenters. The summed E-state index contributed by atoms with van der Waals surface area (Å²) >= 11 is 0.